The second-order valence-corrected chi connectivity index (χ2v) is 7.67. The molecule has 0 bridgehead atoms. The summed E-state index contributed by atoms with van der Waals surface area (Å²) in [5.74, 6) is 0.723. The molecule has 1 aliphatic heterocycles. The molecular weight excluding hydrogens is 316 g/mol. The molecule has 6 nitrogen and oxygen atoms in total. The molecule has 128 valence electrons. The van der Waals surface area contributed by atoms with E-state index in [0.717, 1.165) is 17.7 Å². The molecule has 1 fully saturated rings. The Balaban J connectivity index is 2.14. The average molecular weight is 340 g/mol. The van der Waals surface area contributed by atoms with Gasteiger partial charge in [0.25, 0.3) is 5.91 Å². The van der Waals surface area contributed by atoms with Crippen molar-refractivity contribution < 1.29 is 17.9 Å². The minimum absolute atomic E-state index is 0.0577. The Labute approximate surface area is 138 Å². The van der Waals surface area contributed by atoms with E-state index in [-0.39, 0.29) is 5.91 Å². The van der Waals surface area contributed by atoms with Gasteiger partial charge in [0.15, 0.2) is 0 Å². The Morgan fingerprint density at radius 3 is 2.57 bits per heavy atom. The van der Waals surface area contributed by atoms with E-state index >= 15 is 0 Å². The predicted octanol–water partition coefficient (Wildman–Crippen LogP) is 1.37. The summed E-state index contributed by atoms with van der Waals surface area (Å²) in [7, 11) is -1.59. The quantitative estimate of drug-likeness (QED) is 0.830. The van der Waals surface area contributed by atoms with Crippen molar-refractivity contribution in [3.05, 3.63) is 29.3 Å². The molecule has 1 aliphatic rings. The summed E-state index contributed by atoms with van der Waals surface area (Å²) in [5.41, 5.74) is 1.61. The van der Waals surface area contributed by atoms with Crippen LogP contribution in [0.1, 0.15) is 29.3 Å². The minimum atomic E-state index is -3.20. The molecule has 1 aromatic rings. The van der Waals surface area contributed by atoms with Crippen molar-refractivity contribution in [3.63, 3.8) is 0 Å². The highest BCUT2D eigenvalue weighted by Crippen LogP contribution is 2.21. The molecule has 1 amide bonds. The van der Waals surface area contributed by atoms with Crippen molar-refractivity contribution in [2.24, 2.45) is 0 Å². The molecule has 0 atom stereocenters. The van der Waals surface area contributed by atoms with Crippen LogP contribution in [-0.4, -0.2) is 63.1 Å². The molecule has 0 N–H and O–H groups in total. The van der Waals surface area contributed by atoms with Gasteiger partial charge in [-0.2, -0.15) is 0 Å². The van der Waals surface area contributed by atoms with Gasteiger partial charge < -0.3 is 9.64 Å². The second-order valence-electron chi connectivity index (χ2n) is 5.69. The van der Waals surface area contributed by atoms with E-state index in [1.807, 2.05) is 19.1 Å². The van der Waals surface area contributed by atoms with E-state index in [0.29, 0.717) is 38.2 Å². The highest BCUT2D eigenvalue weighted by atomic mass is 32.2. The van der Waals surface area contributed by atoms with Gasteiger partial charge in [-0.1, -0.05) is 6.92 Å². The van der Waals surface area contributed by atoms with Gasteiger partial charge in [0, 0.05) is 31.7 Å². The average Bonchev–Trinajstić information content (AvgIpc) is 2.79. The maximum Gasteiger partial charge on any atom is 0.253 e. The molecule has 7 heteroatoms. The third kappa shape index (κ3) is 4.23. The fraction of sp³-hybridized carbons (Fsp3) is 0.562. The van der Waals surface area contributed by atoms with Gasteiger partial charge >= 0.3 is 0 Å². The van der Waals surface area contributed by atoms with Crippen LogP contribution >= 0.6 is 0 Å². The van der Waals surface area contributed by atoms with Crippen LogP contribution in [-0.2, 0) is 16.4 Å². The van der Waals surface area contributed by atoms with Crippen molar-refractivity contribution in [1.82, 2.24) is 9.21 Å². The van der Waals surface area contributed by atoms with Gasteiger partial charge in [0.2, 0.25) is 10.0 Å². The molecule has 0 unspecified atom stereocenters. The van der Waals surface area contributed by atoms with Crippen molar-refractivity contribution in [2.75, 3.05) is 39.5 Å². The fourth-order valence-electron chi connectivity index (χ4n) is 2.80. The Morgan fingerprint density at radius 1 is 1.22 bits per heavy atom. The van der Waals surface area contributed by atoms with Gasteiger partial charge in [0.05, 0.1) is 13.4 Å². The number of amides is 1. The number of sulfonamides is 1. The summed E-state index contributed by atoms with van der Waals surface area (Å²) < 4.78 is 30.0. The van der Waals surface area contributed by atoms with Crippen LogP contribution in [0.15, 0.2) is 18.2 Å². The lowest BCUT2D eigenvalue weighted by molar-refractivity contribution is 0.0764. The van der Waals surface area contributed by atoms with Crippen LogP contribution in [0.25, 0.3) is 0 Å². The summed E-state index contributed by atoms with van der Waals surface area (Å²) in [6.07, 6.45) is 2.64. The molecule has 1 heterocycles. The lowest BCUT2D eigenvalue weighted by Crippen LogP contribution is -2.37. The molecule has 1 aromatic carbocycles. The minimum Gasteiger partial charge on any atom is -0.496 e. The van der Waals surface area contributed by atoms with E-state index < -0.39 is 10.0 Å². The number of rotatable bonds is 4. The third-order valence-electron chi connectivity index (χ3n) is 4.12. The SMILES string of the molecule is CCc1cc(C(=O)N2CCCN(S(C)(=O)=O)CC2)ccc1OC. The van der Waals surface area contributed by atoms with E-state index in [4.69, 9.17) is 4.74 Å². The summed E-state index contributed by atoms with van der Waals surface area (Å²) >= 11 is 0. The smallest absolute Gasteiger partial charge is 0.253 e. The summed E-state index contributed by atoms with van der Waals surface area (Å²) in [5, 5.41) is 0. The standard InChI is InChI=1S/C16H24N2O4S/c1-4-13-12-14(6-7-15(13)22-2)16(19)17-8-5-9-18(11-10-17)23(3,20)21/h6-7,12H,4-5,8-11H2,1-3H3. The number of nitrogens with zero attached hydrogens (tertiary/aromatic N) is 2. The number of methoxy groups -OCH3 is 1. The van der Waals surface area contributed by atoms with Crippen molar-refractivity contribution in [2.45, 2.75) is 19.8 Å². The summed E-state index contributed by atoms with van der Waals surface area (Å²) in [6, 6.07) is 5.44. The summed E-state index contributed by atoms with van der Waals surface area (Å²) in [4.78, 5) is 14.4. The number of carbonyl (C=O) groups is 1. The van der Waals surface area contributed by atoms with Gasteiger partial charge in [-0.05, 0) is 36.6 Å². The van der Waals surface area contributed by atoms with Gasteiger partial charge in [-0.25, -0.2) is 12.7 Å². The zero-order valence-corrected chi connectivity index (χ0v) is 14.7. The number of ether oxygens (including phenoxy) is 1. The maximum atomic E-state index is 12.7. The third-order valence-corrected chi connectivity index (χ3v) is 5.42. The molecule has 0 aromatic heterocycles. The molecule has 1 saturated heterocycles. The van der Waals surface area contributed by atoms with E-state index in [1.165, 1.54) is 10.6 Å². The molecular formula is C16H24N2O4S. The first kappa shape index (κ1) is 17.7. The van der Waals surface area contributed by atoms with Gasteiger partial charge in [-0.15, -0.1) is 0 Å². The van der Waals surface area contributed by atoms with Crippen LogP contribution < -0.4 is 4.74 Å². The van der Waals surface area contributed by atoms with Crippen LogP contribution in [0.5, 0.6) is 5.75 Å². The van der Waals surface area contributed by atoms with E-state index in [2.05, 4.69) is 0 Å². The number of hydrogen-bond acceptors (Lipinski definition) is 4. The fourth-order valence-corrected chi connectivity index (χ4v) is 3.67. The topological polar surface area (TPSA) is 66.9 Å². The van der Waals surface area contributed by atoms with E-state index in [1.54, 1.807) is 18.1 Å². The largest absolute Gasteiger partial charge is 0.496 e. The lowest BCUT2D eigenvalue weighted by Gasteiger charge is -2.21. The van der Waals surface area contributed by atoms with Gasteiger partial charge in [0.1, 0.15) is 5.75 Å². The van der Waals surface area contributed by atoms with Crippen LogP contribution in [0.2, 0.25) is 0 Å². The van der Waals surface area contributed by atoms with Crippen molar-refractivity contribution >= 4 is 15.9 Å². The van der Waals surface area contributed by atoms with Crippen molar-refractivity contribution in [1.29, 1.82) is 0 Å². The zero-order valence-electron chi connectivity index (χ0n) is 13.9. The molecule has 0 aliphatic carbocycles. The summed E-state index contributed by atoms with van der Waals surface area (Å²) in [6.45, 7) is 3.81. The molecule has 2 rings (SSSR count). The Morgan fingerprint density at radius 2 is 1.96 bits per heavy atom. The first-order valence-electron chi connectivity index (χ1n) is 7.78. The van der Waals surface area contributed by atoms with Crippen LogP contribution in [0.3, 0.4) is 0 Å². The Hall–Kier alpha value is -1.60. The number of carbonyl (C=O) groups excluding carboxylic acids is 1. The number of aryl methyl sites for hydroxylation is 1. The number of benzene rings is 1. The zero-order chi connectivity index (χ0) is 17.0. The lowest BCUT2D eigenvalue weighted by atomic mass is 10.1. The first-order valence-corrected chi connectivity index (χ1v) is 9.63. The Bertz CT molecular complexity index is 673. The molecule has 0 radical (unpaired) electrons. The Kier molecular flexibility index (Phi) is 5.64. The van der Waals surface area contributed by atoms with Crippen molar-refractivity contribution in [3.8, 4) is 5.75 Å². The normalized spacial score (nSPS) is 16.9. The highest BCUT2D eigenvalue weighted by Gasteiger charge is 2.24. The second kappa shape index (κ2) is 7.31. The van der Waals surface area contributed by atoms with Crippen LogP contribution in [0, 0.1) is 0 Å². The predicted molar refractivity (Wildman–Crippen MR) is 89.3 cm³/mol. The molecule has 0 spiro atoms. The maximum absolute atomic E-state index is 12.7. The molecule has 23 heavy (non-hydrogen) atoms. The highest BCUT2D eigenvalue weighted by molar-refractivity contribution is 7.88. The van der Waals surface area contributed by atoms with E-state index in [9.17, 15) is 13.2 Å². The van der Waals surface area contributed by atoms with Gasteiger partial charge in [-0.3, -0.25) is 4.79 Å². The molecule has 0 saturated carbocycles. The first-order chi connectivity index (χ1) is 10.9. The monoisotopic (exact) mass is 340 g/mol. The number of hydrogen-bond donors (Lipinski definition) is 0. The van der Waals surface area contributed by atoms with Crippen LogP contribution in [0.4, 0.5) is 0 Å².